The average Bonchev–Trinajstić information content (AvgIpc) is 3.38. The molecule has 0 radical (unpaired) electrons. The minimum Gasteiger partial charge on any atom is -0.490 e. The molecule has 0 spiro atoms. The number of piperidine rings is 2. The summed E-state index contributed by atoms with van der Waals surface area (Å²) in [6.45, 7) is 3.92. The number of alkyl halides is 3. The molecule has 0 saturated carbocycles. The molecule has 234 valence electrons. The molecule has 6 rings (SSSR count). The summed E-state index contributed by atoms with van der Waals surface area (Å²) in [6.07, 6.45) is -1.19. The van der Waals surface area contributed by atoms with Crippen molar-refractivity contribution >= 4 is 44.6 Å². The van der Waals surface area contributed by atoms with Crippen LogP contribution in [0.5, 0.6) is 5.75 Å². The van der Waals surface area contributed by atoms with Crippen LogP contribution in [0.3, 0.4) is 0 Å². The van der Waals surface area contributed by atoms with Crippen molar-refractivity contribution in [2.45, 2.75) is 50.6 Å². The highest BCUT2D eigenvalue weighted by molar-refractivity contribution is 7.21. The SMILES string of the molecule is N#Cc1ccc(CN2CCC(NC(=O)c3sc4cc(OC5CCN(c6ccc(C(F)(F)F)cc6)CC5)ccc4c3Cl)CC2)cc1. The van der Waals surface area contributed by atoms with E-state index in [0.29, 0.717) is 34.3 Å². The summed E-state index contributed by atoms with van der Waals surface area (Å²) in [4.78, 5) is 18.2. The molecule has 6 nitrogen and oxygen atoms in total. The summed E-state index contributed by atoms with van der Waals surface area (Å²) in [5.41, 5.74) is 1.95. The quantitative estimate of drug-likeness (QED) is 0.220. The number of benzene rings is 3. The van der Waals surface area contributed by atoms with Gasteiger partial charge in [-0.1, -0.05) is 23.7 Å². The molecule has 2 fully saturated rings. The smallest absolute Gasteiger partial charge is 0.416 e. The third-order valence-electron chi connectivity index (χ3n) is 8.52. The first-order chi connectivity index (χ1) is 21.7. The lowest BCUT2D eigenvalue weighted by atomic mass is 10.0. The van der Waals surface area contributed by atoms with Crippen LogP contribution in [0.15, 0.2) is 66.7 Å². The number of rotatable bonds is 7. The number of likely N-dealkylation sites (tertiary alicyclic amines) is 1. The van der Waals surface area contributed by atoms with Gasteiger partial charge < -0.3 is 15.0 Å². The number of carbonyl (C=O) groups excluding carboxylic acids is 1. The van der Waals surface area contributed by atoms with Gasteiger partial charge in [-0.2, -0.15) is 18.4 Å². The maximum absolute atomic E-state index is 13.2. The lowest BCUT2D eigenvalue weighted by Gasteiger charge is -2.33. The summed E-state index contributed by atoms with van der Waals surface area (Å²) < 4.78 is 45.8. The molecule has 1 amide bonds. The number of hydrogen-bond donors (Lipinski definition) is 1. The largest absolute Gasteiger partial charge is 0.490 e. The maximum Gasteiger partial charge on any atom is 0.416 e. The van der Waals surface area contributed by atoms with E-state index in [4.69, 9.17) is 21.6 Å². The number of nitrogens with one attached hydrogen (secondary N) is 1. The summed E-state index contributed by atoms with van der Waals surface area (Å²) in [5, 5.41) is 13.4. The minimum absolute atomic E-state index is 0.0193. The van der Waals surface area contributed by atoms with Crippen molar-refractivity contribution in [2.24, 2.45) is 0 Å². The first kappa shape index (κ1) is 31.2. The number of anilines is 1. The van der Waals surface area contributed by atoms with Gasteiger partial charge in [-0.05, 0) is 73.0 Å². The number of ether oxygens (including phenoxy) is 1. The Labute approximate surface area is 269 Å². The van der Waals surface area contributed by atoms with E-state index in [2.05, 4.69) is 21.2 Å². The van der Waals surface area contributed by atoms with E-state index in [0.717, 1.165) is 73.2 Å². The van der Waals surface area contributed by atoms with Gasteiger partial charge in [0.1, 0.15) is 16.7 Å². The Morgan fingerprint density at radius 1 is 0.978 bits per heavy atom. The van der Waals surface area contributed by atoms with Crippen LogP contribution >= 0.6 is 22.9 Å². The fourth-order valence-corrected chi connectivity index (χ4v) is 7.43. The second-order valence-corrected chi connectivity index (χ2v) is 13.0. The number of nitrogens with zero attached hydrogens (tertiary/aromatic N) is 3. The Morgan fingerprint density at radius 2 is 1.67 bits per heavy atom. The van der Waals surface area contributed by atoms with Crippen LogP contribution in [0.1, 0.15) is 52.0 Å². The van der Waals surface area contributed by atoms with E-state index in [-0.39, 0.29) is 18.1 Å². The van der Waals surface area contributed by atoms with Crippen LogP contribution in [0.25, 0.3) is 10.1 Å². The van der Waals surface area contributed by atoms with E-state index in [1.807, 2.05) is 42.5 Å². The van der Waals surface area contributed by atoms with Gasteiger partial charge in [-0.3, -0.25) is 9.69 Å². The predicted molar refractivity (Wildman–Crippen MR) is 171 cm³/mol. The summed E-state index contributed by atoms with van der Waals surface area (Å²) in [7, 11) is 0. The number of nitriles is 1. The standard InChI is InChI=1S/C34H32ClF3N4O2S/c35-31-29-10-9-28(44-27-13-17-42(18-14-27)26-7-5-24(6-8-26)34(36,37)38)19-30(29)45-32(31)33(43)40-25-11-15-41(16-12-25)21-23-3-1-22(20-39)2-4-23/h1-10,19,25,27H,11-18,21H2,(H,40,43). The number of amides is 1. The van der Waals surface area contributed by atoms with Crippen molar-refractivity contribution in [1.29, 1.82) is 5.26 Å². The molecular formula is C34H32ClF3N4O2S. The zero-order chi connectivity index (χ0) is 31.6. The van der Waals surface area contributed by atoms with Crippen molar-refractivity contribution in [3.8, 4) is 11.8 Å². The minimum atomic E-state index is -4.34. The van der Waals surface area contributed by atoms with Crippen molar-refractivity contribution in [2.75, 3.05) is 31.1 Å². The second kappa shape index (κ2) is 13.3. The summed E-state index contributed by atoms with van der Waals surface area (Å²) >= 11 is 8.03. The molecule has 45 heavy (non-hydrogen) atoms. The van der Waals surface area contributed by atoms with Gasteiger partial charge in [0.2, 0.25) is 0 Å². The molecule has 0 bridgehead atoms. The van der Waals surface area contributed by atoms with Crippen LogP contribution in [0.4, 0.5) is 18.9 Å². The second-order valence-electron chi connectivity index (χ2n) is 11.6. The Kier molecular flexibility index (Phi) is 9.22. The molecule has 2 saturated heterocycles. The van der Waals surface area contributed by atoms with Crippen LogP contribution in [-0.2, 0) is 12.7 Å². The van der Waals surface area contributed by atoms with Crippen molar-refractivity contribution in [3.05, 3.63) is 93.3 Å². The van der Waals surface area contributed by atoms with Gasteiger partial charge in [0.15, 0.2) is 0 Å². The number of carbonyl (C=O) groups is 1. The molecule has 2 aliphatic rings. The van der Waals surface area contributed by atoms with Crippen LogP contribution in [0.2, 0.25) is 5.02 Å². The number of thiophene rings is 1. The monoisotopic (exact) mass is 652 g/mol. The number of fused-ring (bicyclic) bond motifs is 1. The third-order valence-corrected chi connectivity index (χ3v) is 10.2. The lowest BCUT2D eigenvalue weighted by Crippen LogP contribution is -2.44. The highest BCUT2D eigenvalue weighted by Crippen LogP contribution is 2.38. The molecule has 2 aliphatic heterocycles. The zero-order valence-corrected chi connectivity index (χ0v) is 26.0. The van der Waals surface area contributed by atoms with E-state index < -0.39 is 11.7 Å². The highest BCUT2D eigenvalue weighted by Gasteiger charge is 2.31. The highest BCUT2D eigenvalue weighted by atomic mass is 35.5. The number of hydrogen-bond acceptors (Lipinski definition) is 6. The van der Waals surface area contributed by atoms with Crippen molar-refractivity contribution in [3.63, 3.8) is 0 Å². The van der Waals surface area contributed by atoms with Gasteiger partial charge >= 0.3 is 6.18 Å². The van der Waals surface area contributed by atoms with E-state index in [1.165, 1.54) is 29.0 Å². The van der Waals surface area contributed by atoms with Crippen molar-refractivity contribution in [1.82, 2.24) is 10.2 Å². The molecule has 3 aromatic carbocycles. The Hall–Kier alpha value is -3.78. The third kappa shape index (κ3) is 7.38. The molecule has 11 heteroatoms. The first-order valence-corrected chi connectivity index (χ1v) is 16.2. The molecule has 3 heterocycles. The molecule has 1 aromatic heterocycles. The van der Waals surface area contributed by atoms with Crippen LogP contribution in [-0.4, -0.2) is 49.1 Å². The topological polar surface area (TPSA) is 68.6 Å². The van der Waals surface area contributed by atoms with Gasteiger partial charge in [-0.25, -0.2) is 0 Å². The summed E-state index contributed by atoms with van der Waals surface area (Å²) in [6, 6.07) is 20.8. The lowest BCUT2D eigenvalue weighted by molar-refractivity contribution is -0.137. The average molecular weight is 653 g/mol. The first-order valence-electron chi connectivity index (χ1n) is 15.0. The van der Waals surface area contributed by atoms with Gasteiger partial charge in [0.05, 0.1) is 22.2 Å². The molecule has 0 aliphatic carbocycles. The maximum atomic E-state index is 13.2. The van der Waals surface area contributed by atoms with Crippen LogP contribution < -0.4 is 15.0 Å². The van der Waals surface area contributed by atoms with Gasteiger partial charge in [0, 0.05) is 67.4 Å². The number of halogens is 4. The van der Waals surface area contributed by atoms with E-state index in [9.17, 15) is 18.0 Å². The van der Waals surface area contributed by atoms with Gasteiger partial charge in [-0.15, -0.1) is 11.3 Å². The van der Waals surface area contributed by atoms with E-state index >= 15 is 0 Å². The Bertz CT molecular complexity index is 1690. The molecular weight excluding hydrogens is 621 g/mol. The predicted octanol–water partition coefficient (Wildman–Crippen LogP) is 7.89. The van der Waals surface area contributed by atoms with Crippen LogP contribution in [0, 0.1) is 11.3 Å². The summed E-state index contributed by atoms with van der Waals surface area (Å²) in [5.74, 6) is 0.542. The fraction of sp³-hybridized carbons (Fsp3) is 0.353. The van der Waals surface area contributed by atoms with Crippen molar-refractivity contribution < 1.29 is 22.7 Å². The zero-order valence-electron chi connectivity index (χ0n) is 24.4. The van der Waals surface area contributed by atoms with E-state index in [1.54, 1.807) is 0 Å². The molecule has 4 aromatic rings. The molecule has 1 N–H and O–H groups in total. The normalized spacial score (nSPS) is 16.9. The Balaban J connectivity index is 1.00. The van der Waals surface area contributed by atoms with Gasteiger partial charge in [0.25, 0.3) is 5.91 Å². The molecule has 0 atom stereocenters. The Morgan fingerprint density at radius 3 is 2.31 bits per heavy atom. The fourth-order valence-electron chi connectivity index (χ4n) is 5.98. The molecule has 0 unspecified atom stereocenters.